The fourth-order valence-electron chi connectivity index (χ4n) is 0.442. The highest BCUT2D eigenvalue weighted by atomic mass is 15.5. The van der Waals surface area contributed by atoms with Gasteiger partial charge in [0.1, 0.15) is 12.5 Å². The van der Waals surface area contributed by atoms with E-state index >= 15 is 0 Å². The zero-order chi connectivity index (χ0) is 5.98. The van der Waals surface area contributed by atoms with E-state index < -0.39 is 0 Å². The Hall–Kier alpha value is -1.03. The molecule has 0 aromatic heterocycles. The number of hydrogen-bond acceptors (Lipinski definition) is 4. The first-order valence-electron chi connectivity index (χ1n) is 2.28. The molecule has 0 saturated heterocycles. The van der Waals surface area contributed by atoms with E-state index in [1.807, 2.05) is 0 Å². The molecule has 0 unspecified atom stereocenters. The number of rotatable bonds is 0. The zero-order valence-electron chi connectivity index (χ0n) is 4.41. The number of hydrogen-bond donors (Lipinski definition) is 2. The maximum Gasteiger partial charge on any atom is 0.126 e. The van der Waals surface area contributed by atoms with Gasteiger partial charge in [-0.1, -0.05) is 0 Å². The van der Waals surface area contributed by atoms with Gasteiger partial charge < -0.3 is 5.73 Å². The summed E-state index contributed by atoms with van der Waals surface area (Å²) in [6.07, 6.45) is 3.29. The van der Waals surface area contributed by atoms with Crippen molar-refractivity contribution in [1.82, 2.24) is 5.01 Å². The van der Waals surface area contributed by atoms with E-state index in [1.54, 1.807) is 12.3 Å². The molecule has 44 valence electrons. The SMILES string of the molecule is NC1=CC=NCN1N. The van der Waals surface area contributed by atoms with Crippen molar-refractivity contribution in [2.24, 2.45) is 16.6 Å². The van der Waals surface area contributed by atoms with Crippen LogP contribution in [0.3, 0.4) is 0 Å². The predicted molar refractivity (Wildman–Crippen MR) is 31.7 cm³/mol. The molecule has 8 heavy (non-hydrogen) atoms. The van der Waals surface area contributed by atoms with Crippen molar-refractivity contribution in [3.05, 3.63) is 11.9 Å². The van der Waals surface area contributed by atoms with Crippen molar-refractivity contribution in [3.8, 4) is 0 Å². The van der Waals surface area contributed by atoms with E-state index in [1.165, 1.54) is 5.01 Å². The third-order valence-electron chi connectivity index (χ3n) is 0.916. The van der Waals surface area contributed by atoms with E-state index in [0.717, 1.165) is 0 Å². The van der Waals surface area contributed by atoms with Crippen molar-refractivity contribution in [2.75, 3.05) is 6.67 Å². The average molecular weight is 112 g/mol. The number of hydrazine groups is 1. The van der Waals surface area contributed by atoms with Crippen LogP contribution in [0.2, 0.25) is 0 Å². The molecule has 1 aliphatic heterocycles. The van der Waals surface area contributed by atoms with Crippen LogP contribution in [0.15, 0.2) is 16.9 Å². The molecule has 1 rings (SSSR count). The van der Waals surface area contributed by atoms with E-state index in [0.29, 0.717) is 12.5 Å². The second kappa shape index (κ2) is 1.83. The molecule has 0 bridgehead atoms. The molecule has 0 aromatic carbocycles. The fourth-order valence-corrected chi connectivity index (χ4v) is 0.442. The minimum atomic E-state index is 0.461. The lowest BCUT2D eigenvalue weighted by atomic mass is 10.5. The smallest absolute Gasteiger partial charge is 0.126 e. The van der Waals surface area contributed by atoms with Crippen molar-refractivity contribution in [2.45, 2.75) is 0 Å². The van der Waals surface area contributed by atoms with Crippen LogP contribution in [-0.2, 0) is 0 Å². The van der Waals surface area contributed by atoms with E-state index in [2.05, 4.69) is 4.99 Å². The lowest BCUT2D eigenvalue weighted by Gasteiger charge is -2.17. The Morgan fingerprint density at radius 3 is 2.88 bits per heavy atom. The molecule has 0 saturated carbocycles. The van der Waals surface area contributed by atoms with Crippen molar-refractivity contribution < 1.29 is 0 Å². The maximum absolute atomic E-state index is 5.35. The molecule has 1 heterocycles. The van der Waals surface area contributed by atoms with Crippen LogP contribution in [-0.4, -0.2) is 17.9 Å². The van der Waals surface area contributed by atoms with Crippen molar-refractivity contribution in [3.63, 3.8) is 0 Å². The molecule has 0 atom stereocenters. The molecule has 0 spiro atoms. The normalized spacial score (nSPS) is 18.6. The lowest BCUT2D eigenvalue weighted by molar-refractivity contribution is 0.364. The molecule has 1 aliphatic rings. The predicted octanol–water partition coefficient (Wildman–Crippen LogP) is -0.996. The average Bonchev–Trinajstić information content (AvgIpc) is 1.77. The van der Waals surface area contributed by atoms with Gasteiger partial charge in [0.15, 0.2) is 0 Å². The molecule has 4 heteroatoms. The largest absolute Gasteiger partial charge is 0.384 e. The topological polar surface area (TPSA) is 67.6 Å². The van der Waals surface area contributed by atoms with Crippen LogP contribution in [0.1, 0.15) is 0 Å². The Kier molecular flexibility index (Phi) is 1.17. The van der Waals surface area contributed by atoms with Gasteiger partial charge >= 0.3 is 0 Å². The second-order valence-corrected chi connectivity index (χ2v) is 1.53. The lowest BCUT2D eigenvalue weighted by Crippen LogP contribution is -2.36. The molecule has 0 amide bonds. The van der Waals surface area contributed by atoms with Gasteiger partial charge in [0.2, 0.25) is 0 Å². The Bertz CT molecular complexity index is 137. The third kappa shape index (κ3) is 0.788. The van der Waals surface area contributed by atoms with Gasteiger partial charge in [-0.15, -0.1) is 0 Å². The number of nitrogens with zero attached hydrogens (tertiary/aromatic N) is 2. The summed E-state index contributed by atoms with van der Waals surface area (Å²) >= 11 is 0. The molecular formula is C4H8N4. The minimum Gasteiger partial charge on any atom is -0.384 e. The van der Waals surface area contributed by atoms with Crippen molar-refractivity contribution in [1.29, 1.82) is 0 Å². The molecular weight excluding hydrogens is 104 g/mol. The van der Waals surface area contributed by atoms with Gasteiger partial charge in [-0.25, -0.2) is 5.84 Å². The third-order valence-corrected chi connectivity index (χ3v) is 0.916. The van der Waals surface area contributed by atoms with E-state index in [4.69, 9.17) is 11.6 Å². The van der Waals surface area contributed by atoms with Crippen LogP contribution < -0.4 is 11.6 Å². The first-order valence-corrected chi connectivity index (χ1v) is 2.28. The van der Waals surface area contributed by atoms with Crippen LogP contribution >= 0.6 is 0 Å². The second-order valence-electron chi connectivity index (χ2n) is 1.53. The zero-order valence-corrected chi connectivity index (χ0v) is 4.41. The Labute approximate surface area is 47.4 Å². The van der Waals surface area contributed by atoms with Crippen LogP contribution in [0.5, 0.6) is 0 Å². The van der Waals surface area contributed by atoms with Crippen LogP contribution in [0.25, 0.3) is 0 Å². The summed E-state index contributed by atoms with van der Waals surface area (Å²) in [5.41, 5.74) is 5.35. The Balaban J connectivity index is 2.66. The van der Waals surface area contributed by atoms with Gasteiger partial charge in [-0.3, -0.25) is 10.0 Å². The molecule has 0 fully saturated rings. The summed E-state index contributed by atoms with van der Waals surface area (Å²) in [5.74, 6) is 5.86. The summed E-state index contributed by atoms with van der Waals surface area (Å²) in [5, 5.41) is 1.38. The summed E-state index contributed by atoms with van der Waals surface area (Å²) < 4.78 is 0. The molecule has 4 N–H and O–H groups in total. The van der Waals surface area contributed by atoms with Gasteiger partial charge in [-0.2, -0.15) is 0 Å². The minimum absolute atomic E-state index is 0.461. The van der Waals surface area contributed by atoms with Gasteiger partial charge in [0.05, 0.1) is 0 Å². The highest BCUT2D eigenvalue weighted by Crippen LogP contribution is 1.92. The molecule has 0 radical (unpaired) electrons. The quantitative estimate of drug-likeness (QED) is 0.395. The molecule has 4 nitrogen and oxygen atoms in total. The van der Waals surface area contributed by atoms with E-state index in [9.17, 15) is 0 Å². The van der Waals surface area contributed by atoms with Gasteiger partial charge in [-0.05, 0) is 6.08 Å². The molecule has 0 aromatic rings. The monoisotopic (exact) mass is 112 g/mol. The fraction of sp³-hybridized carbons (Fsp3) is 0.250. The van der Waals surface area contributed by atoms with Crippen LogP contribution in [0.4, 0.5) is 0 Å². The number of allylic oxidation sites excluding steroid dienone is 1. The maximum atomic E-state index is 5.35. The standard InChI is InChI=1S/C4H8N4/c5-4-1-2-7-3-8(4)6/h1-2H,3,5-6H2. The van der Waals surface area contributed by atoms with Crippen LogP contribution in [0, 0.1) is 0 Å². The number of aliphatic imine (C=N–C) groups is 1. The summed E-state index contributed by atoms with van der Waals surface area (Å²) in [6, 6.07) is 0. The van der Waals surface area contributed by atoms with Gasteiger partial charge in [0, 0.05) is 6.21 Å². The highest BCUT2D eigenvalue weighted by Gasteiger charge is 1.99. The molecule has 0 aliphatic carbocycles. The Morgan fingerprint density at radius 2 is 2.50 bits per heavy atom. The number of nitrogens with two attached hydrogens (primary N) is 2. The summed E-state index contributed by atoms with van der Waals surface area (Å²) in [4.78, 5) is 3.83. The first-order chi connectivity index (χ1) is 3.80. The highest BCUT2D eigenvalue weighted by molar-refractivity contribution is 5.72. The van der Waals surface area contributed by atoms with Gasteiger partial charge in [0.25, 0.3) is 0 Å². The van der Waals surface area contributed by atoms with Crippen molar-refractivity contribution >= 4 is 6.21 Å². The first kappa shape index (κ1) is 5.11. The summed E-state index contributed by atoms with van der Waals surface area (Å²) in [7, 11) is 0. The summed E-state index contributed by atoms with van der Waals surface area (Å²) in [6.45, 7) is 0.461. The van der Waals surface area contributed by atoms with E-state index in [-0.39, 0.29) is 0 Å². The Morgan fingerprint density at radius 1 is 1.75 bits per heavy atom.